The molecule has 0 N–H and O–H groups in total. The van der Waals surface area contributed by atoms with Gasteiger partial charge in [-0.2, -0.15) is 0 Å². The molecule has 0 spiro atoms. The molecule has 4 aromatic carbocycles. The Hall–Kier alpha value is -3.82. The predicted molar refractivity (Wildman–Crippen MR) is 157 cm³/mol. The molecule has 4 aromatic rings. The SMILES string of the molecule is Cc1cc(C)c(N=C(COCC(=Nc2c(C)cc(C)cc2C)c2ccccc2)c2ccccc2)c(C)c1. The van der Waals surface area contributed by atoms with Gasteiger partial charge in [-0.05, 0) is 74.9 Å². The molecule has 3 heteroatoms. The van der Waals surface area contributed by atoms with E-state index in [9.17, 15) is 0 Å². The van der Waals surface area contributed by atoms with Crippen LogP contribution >= 0.6 is 0 Å². The molecule has 0 aliphatic heterocycles. The summed E-state index contributed by atoms with van der Waals surface area (Å²) in [7, 11) is 0. The third kappa shape index (κ3) is 6.69. The van der Waals surface area contributed by atoms with Crippen LogP contribution in [0.1, 0.15) is 44.5 Å². The Labute approximate surface area is 221 Å². The van der Waals surface area contributed by atoms with E-state index in [0.29, 0.717) is 13.2 Å². The van der Waals surface area contributed by atoms with E-state index in [1.807, 2.05) is 36.4 Å². The number of benzene rings is 4. The summed E-state index contributed by atoms with van der Waals surface area (Å²) in [5.41, 5.74) is 13.1. The van der Waals surface area contributed by atoms with Crippen LogP contribution in [0.3, 0.4) is 0 Å². The van der Waals surface area contributed by atoms with Gasteiger partial charge in [0.25, 0.3) is 0 Å². The van der Waals surface area contributed by atoms with Gasteiger partial charge >= 0.3 is 0 Å². The van der Waals surface area contributed by atoms with Crippen molar-refractivity contribution in [2.24, 2.45) is 9.98 Å². The number of aliphatic imine (C=N–C) groups is 2. The van der Waals surface area contributed by atoms with E-state index in [0.717, 1.165) is 33.9 Å². The fourth-order valence-electron chi connectivity index (χ4n) is 4.83. The molecule has 0 saturated heterocycles. The Morgan fingerprint density at radius 2 is 0.838 bits per heavy atom. The van der Waals surface area contributed by atoms with E-state index in [-0.39, 0.29) is 0 Å². The summed E-state index contributed by atoms with van der Waals surface area (Å²) in [4.78, 5) is 10.2. The first-order valence-corrected chi connectivity index (χ1v) is 12.8. The number of aryl methyl sites for hydroxylation is 6. The second kappa shape index (κ2) is 11.9. The van der Waals surface area contributed by atoms with Gasteiger partial charge in [0.05, 0.1) is 36.0 Å². The smallest absolute Gasteiger partial charge is 0.0899 e. The van der Waals surface area contributed by atoms with Crippen LogP contribution in [0.5, 0.6) is 0 Å². The van der Waals surface area contributed by atoms with Gasteiger partial charge in [0.2, 0.25) is 0 Å². The largest absolute Gasteiger partial charge is 0.369 e. The lowest BCUT2D eigenvalue weighted by atomic mass is 10.0. The lowest BCUT2D eigenvalue weighted by molar-refractivity contribution is 0.215. The molecule has 37 heavy (non-hydrogen) atoms. The van der Waals surface area contributed by atoms with E-state index >= 15 is 0 Å². The number of ether oxygens (including phenoxy) is 1. The van der Waals surface area contributed by atoms with Crippen LogP contribution in [0.25, 0.3) is 0 Å². The third-order valence-corrected chi connectivity index (χ3v) is 6.46. The minimum atomic E-state index is 0.383. The molecule has 0 heterocycles. The third-order valence-electron chi connectivity index (χ3n) is 6.46. The van der Waals surface area contributed by atoms with Crippen molar-refractivity contribution in [3.63, 3.8) is 0 Å². The van der Waals surface area contributed by atoms with E-state index in [1.165, 1.54) is 33.4 Å². The van der Waals surface area contributed by atoms with Gasteiger partial charge in [-0.1, -0.05) is 96.1 Å². The second-order valence-electron chi connectivity index (χ2n) is 9.84. The highest BCUT2D eigenvalue weighted by Crippen LogP contribution is 2.27. The first-order chi connectivity index (χ1) is 17.8. The molecule has 0 aliphatic carbocycles. The van der Waals surface area contributed by atoms with Crippen molar-refractivity contribution < 1.29 is 4.74 Å². The summed E-state index contributed by atoms with van der Waals surface area (Å²) in [6, 6.07) is 29.3. The Bertz CT molecular complexity index is 1280. The zero-order chi connectivity index (χ0) is 26.4. The summed E-state index contributed by atoms with van der Waals surface area (Å²) in [5, 5.41) is 0. The average Bonchev–Trinajstić information content (AvgIpc) is 2.87. The zero-order valence-corrected chi connectivity index (χ0v) is 22.8. The van der Waals surface area contributed by atoms with Crippen LogP contribution in [0, 0.1) is 41.5 Å². The quantitative estimate of drug-likeness (QED) is 0.229. The molecule has 4 rings (SSSR count). The topological polar surface area (TPSA) is 34.0 Å². The highest BCUT2D eigenvalue weighted by Gasteiger charge is 2.12. The first kappa shape index (κ1) is 26.2. The van der Waals surface area contributed by atoms with Crippen LogP contribution < -0.4 is 0 Å². The molecule has 0 aromatic heterocycles. The Morgan fingerprint density at radius 3 is 1.16 bits per heavy atom. The van der Waals surface area contributed by atoms with Gasteiger partial charge in [0, 0.05) is 0 Å². The number of hydrogen-bond acceptors (Lipinski definition) is 3. The summed E-state index contributed by atoms with van der Waals surface area (Å²) in [6.45, 7) is 13.5. The van der Waals surface area contributed by atoms with Crippen molar-refractivity contribution in [2.45, 2.75) is 41.5 Å². The summed E-state index contributed by atoms with van der Waals surface area (Å²) in [6.07, 6.45) is 0. The Morgan fingerprint density at radius 1 is 0.514 bits per heavy atom. The lowest BCUT2D eigenvalue weighted by Gasteiger charge is -2.14. The number of nitrogens with zero attached hydrogens (tertiary/aromatic N) is 2. The van der Waals surface area contributed by atoms with E-state index in [1.54, 1.807) is 0 Å². The van der Waals surface area contributed by atoms with Gasteiger partial charge in [-0.15, -0.1) is 0 Å². The minimum Gasteiger partial charge on any atom is -0.369 e. The van der Waals surface area contributed by atoms with Crippen LogP contribution in [-0.2, 0) is 4.74 Å². The second-order valence-corrected chi connectivity index (χ2v) is 9.84. The van der Waals surface area contributed by atoms with E-state index < -0.39 is 0 Å². The normalized spacial score (nSPS) is 12.2. The van der Waals surface area contributed by atoms with E-state index in [2.05, 4.69) is 90.1 Å². The molecule has 0 amide bonds. The predicted octanol–water partition coefficient (Wildman–Crippen LogP) is 8.50. The monoisotopic (exact) mass is 488 g/mol. The van der Waals surface area contributed by atoms with Gasteiger partial charge < -0.3 is 4.74 Å². The maximum absolute atomic E-state index is 6.36. The molecule has 0 saturated carbocycles. The number of rotatable bonds is 8. The first-order valence-electron chi connectivity index (χ1n) is 12.8. The zero-order valence-electron chi connectivity index (χ0n) is 22.8. The molecular weight excluding hydrogens is 452 g/mol. The minimum absolute atomic E-state index is 0.383. The van der Waals surface area contributed by atoms with Crippen molar-refractivity contribution in [3.05, 3.63) is 129 Å². The molecule has 188 valence electrons. The summed E-state index contributed by atoms with van der Waals surface area (Å²) in [5.74, 6) is 0. The maximum atomic E-state index is 6.36. The highest BCUT2D eigenvalue weighted by molar-refractivity contribution is 6.05. The standard InChI is InChI=1S/C34H36N2O/c1-23-17-25(3)33(26(4)18-23)35-31(29-13-9-7-10-14-29)21-37-22-32(30-15-11-8-12-16-30)36-34-27(5)19-24(2)20-28(34)6/h7-20H,21-22H2,1-6H3. The van der Waals surface area contributed by atoms with E-state index in [4.69, 9.17) is 14.7 Å². The Balaban J connectivity index is 1.66. The summed E-state index contributed by atoms with van der Waals surface area (Å²) < 4.78 is 6.36. The van der Waals surface area contributed by atoms with Crippen LogP contribution in [0.2, 0.25) is 0 Å². The molecule has 0 atom stereocenters. The maximum Gasteiger partial charge on any atom is 0.0899 e. The molecule has 0 fully saturated rings. The average molecular weight is 489 g/mol. The van der Waals surface area contributed by atoms with Gasteiger partial charge in [0.15, 0.2) is 0 Å². The fourth-order valence-corrected chi connectivity index (χ4v) is 4.83. The van der Waals surface area contributed by atoms with Crippen molar-refractivity contribution in [2.75, 3.05) is 13.2 Å². The fraction of sp³-hybridized carbons (Fsp3) is 0.235. The van der Waals surface area contributed by atoms with Crippen LogP contribution in [0.15, 0.2) is 94.9 Å². The molecule has 0 bridgehead atoms. The molecule has 3 nitrogen and oxygen atoms in total. The Kier molecular flexibility index (Phi) is 8.47. The van der Waals surface area contributed by atoms with Gasteiger partial charge in [-0.25, -0.2) is 9.98 Å². The molecule has 0 radical (unpaired) electrons. The molecule has 0 aliphatic rings. The highest BCUT2D eigenvalue weighted by atomic mass is 16.5. The lowest BCUT2D eigenvalue weighted by Crippen LogP contribution is -2.17. The number of hydrogen-bond donors (Lipinski definition) is 0. The van der Waals surface area contributed by atoms with Gasteiger partial charge in [-0.3, -0.25) is 0 Å². The van der Waals surface area contributed by atoms with Crippen molar-refractivity contribution >= 4 is 22.8 Å². The molecule has 0 unspecified atom stereocenters. The van der Waals surface area contributed by atoms with Crippen LogP contribution in [0.4, 0.5) is 11.4 Å². The van der Waals surface area contributed by atoms with Crippen LogP contribution in [-0.4, -0.2) is 24.6 Å². The molecular formula is C34H36N2O. The van der Waals surface area contributed by atoms with Crippen molar-refractivity contribution in [1.29, 1.82) is 0 Å². The summed E-state index contributed by atoms with van der Waals surface area (Å²) >= 11 is 0. The van der Waals surface area contributed by atoms with Crippen molar-refractivity contribution in [1.82, 2.24) is 0 Å². The van der Waals surface area contributed by atoms with Gasteiger partial charge in [0.1, 0.15) is 0 Å². The van der Waals surface area contributed by atoms with Crippen molar-refractivity contribution in [3.8, 4) is 0 Å².